The van der Waals surface area contributed by atoms with Gasteiger partial charge in [-0.15, -0.1) is 0 Å². The van der Waals surface area contributed by atoms with Crippen LogP contribution in [0.2, 0.25) is 0 Å². The first kappa shape index (κ1) is 20.4. The van der Waals surface area contributed by atoms with Gasteiger partial charge in [0.05, 0.1) is 13.2 Å². The van der Waals surface area contributed by atoms with Crippen LogP contribution in [0.25, 0.3) is 0 Å². The molecule has 2 N–H and O–H groups in total. The van der Waals surface area contributed by atoms with Crippen molar-refractivity contribution in [2.45, 2.75) is 51.4 Å². The smallest absolute Gasteiger partial charge is 0.384 e. The van der Waals surface area contributed by atoms with Crippen LogP contribution in [0.4, 0.5) is 0 Å². The molecule has 0 amide bonds. The normalized spacial score (nSPS) is 9.73. The van der Waals surface area contributed by atoms with Crippen molar-refractivity contribution in [2.75, 3.05) is 26.4 Å². The van der Waals surface area contributed by atoms with Crippen LogP contribution in [0.15, 0.2) is 0 Å². The van der Waals surface area contributed by atoms with Gasteiger partial charge in [-0.3, -0.25) is 0 Å². The molecule has 0 heterocycles. The molecular weight excluding hydrogens is 288 g/mol. The first-order valence-corrected chi connectivity index (χ1v) is 7.78. The fourth-order valence-electron chi connectivity index (χ4n) is 1.64. The standard InChI is InChI=1S/C16H26O6/c17-11-5-1-3-7-13-21-15(19)9-10-16(20)22-14-8-4-2-6-12-18/h17-18H,1-8,11-14H2. The number of carbonyl (C=O) groups is 2. The van der Waals surface area contributed by atoms with Crippen molar-refractivity contribution in [1.29, 1.82) is 0 Å². The van der Waals surface area contributed by atoms with Crippen molar-refractivity contribution in [2.24, 2.45) is 0 Å². The zero-order valence-corrected chi connectivity index (χ0v) is 13.0. The number of aliphatic hydroxyl groups excluding tert-OH is 2. The lowest BCUT2D eigenvalue weighted by atomic mass is 10.2. The third-order valence-corrected chi connectivity index (χ3v) is 2.84. The zero-order valence-electron chi connectivity index (χ0n) is 13.0. The van der Waals surface area contributed by atoms with Crippen molar-refractivity contribution >= 4 is 11.9 Å². The van der Waals surface area contributed by atoms with Crippen LogP contribution in [0.3, 0.4) is 0 Å². The van der Waals surface area contributed by atoms with Crippen molar-refractivity contribution < 1.29 is 29.3 Å². The van der Waals surface area contributed by atoms with E-state index in [2.05, 4.69) is 11.8 Å². The molecule has 0 aromatic rings. The Kier molecular flexibility index (Phi) is 14.7. The highest BCUT2D eigenvalue weighted by molar-refractivity contribution is 5.98. The first-order chi connectivity index (χ1) is 10.7. The lowest BCUT2D eigenvalue weighted by molar-refractivity contribution is -0.138. The summed E-state index contributed by atoms with van der Waals surface area (Å²) in [5.74, 6) is 2.71. The number of hydrogen-bond donors (Lipinski definition) is 2. The molecule has 0 saturated heterocycles. The molecule has 126 valence electrons. The number of ether oxygens (including phenoxy) is 2. The van der Waals surface area contributed by atoms with E-state index < -0.39 is 11.9 Å². The van der Waals surface area contributed by atoms with Crippen LogP contribution in [0.1, 0.15) is 51.4 Å². The average Bonchev–Trinajstić information content (AvgIpc) is 2.52. The molecule has 0 aromatic carbocycles. The molecule has 0 spiro atoms. The minimum Gasteiger partial charge on any atom is -0.456 e. The van der Waals surface area contributed by atoms with Gasteiger partial charge in [-0.2, -0.15) is 0 Å². The topological polar surface area (TPSA) is 93.1 Å². The highest BCUT2D eigenvalue weighted by Crippen LogP contribution is 2.00. The van der Waals surface area contributed by atoms with Gasteiger partial charge in [0.2, 0.25) is 0 Å². The van der Waals surface area contributed by atoms with Crippen molar-refractivity contribution in [3.8, 4) is 11.8 Å². The van der Waals surface area contributed by atoms with Crippen LogP contribution in [-0.2, 0) is 19.1 Å². The monoisotopic (exact) mass is 314 g/mol. The fourth-order valence-corrected chi connectivity index (χ4v) is 1.64. The number of carbonyl (C=O) groups excluding carboxylic acids is 2. The van der Waals surface area contributed by atoms with Gasteiger partial charge in [-0.05, 0) is 38.5 Å². The summed E-state index contributed by atoms with van der Waals surface area (Å²) in [6.07, 6.45) is 6.46. The summed E-state index contributed by atoms with van der Waals surface area (Å²) in [7, 11) is 0. The number of hydrogen-bond acceptors (Lipinski definition) is 6. The van der Waals surface area contributed by atoms with E-state index in [1.807, 2.05) is 0 Å². The minimum atomic E-state index is -0.734. The second kappa shape index (κ2) is 15.8. The highest BCUT2D eigenvalue weighted by atomic mass is 16.5. The largest absolute Gasteiger partial charge is 0.456 e. The van der Waals surface area contributed by atoms with Gasteiger partial charge >= 0.3 is 11.9 Å². The molecule has 0 rings (SSSR count). The summed E-state index contributed by atoms with van der Waals surface area (Å²) in [6, 6.07) is 0. The summed E-state index contributed by atoms with van der Waals surface area (Å²) in [4.78, 5) is 22.4. The second-order valence-electron chi connectivity index (χ2n) is 4.80. The molecule has 22 heavy (non-hydrogen) atoms. The van der Waals surface area contributed by atoms with E-state index in [9.17, 15) is 9.59 Å². The summed E-state index contributed by atoms with van der Waals surface area (Å²) in [5.41, 5.74) is 0. The molecular formula is C16H26O6. The van der Waals surface area contributed by atoms with E-state index >= 15 is 0 Å². The van der Waals surface area contributed by atoms with Crippen LogP contribution < -0.4 is 0 Å². The van der Waals surface area contributed by atoms with E-state index in [0.717, 1.165) is 38.5 Å². The Bertz CT molecular complexity index is 323. The fraction of sp³-hybridized carbons (Fsp3) is 0.750. The molecule has 0 aliphatic rings. The third kappa shape index (κ3) is 14.8. The van der Waals surface area contributed by atoms with Crippen LogP contribution in [-0.4, -0.2) is 48.6 Å². The summed E-state index contributed by atoms with van der Waals surface area (Å²) >= 11 is 0. The van der Waals surface area contributed by atoms with Gasteiger partial charge < -0.3 is 19.7 Å². The van der Waals surface area contributed by atoms with Crippen molar-refractivity contribution in [3.05, 3.63) is 0 Å². The van der Waals surface area contributed by atoms with Gasteiger partial charge in [0.25, 0.3) is 0 Å². The molecule has 0 aliphatic carbocycles. The summed E-state index contributed by atoms with van der Waals surface area (Å²) in [6.45, 7) is 0.876. The summed E-state index contributed by atoms with van der Waals surface area (Å²) in [5, 5.41) is 17.2. The van der Waals surface area contributed by atoms with E-state index in [4.69, 9.17) is 19.7 Å². The lowest BCUT2D eigenvalue weighted by Crippen LogP contribution is -2.06. The minimum absolute atomic E-state index is 0.175. The Morgan fingerprint density at radius 3 is 1.36 bits per heavy atom. The average molecular weight is 314 g/mol. The maximum Gasteiger partial charge on any atom is 0.384 e. The van der Waals surface area contributed by atoms with Gasteiger partial charge in [0.1, 0.15) is 0 Å². The van der Waals surface area contributed by atoms with E-state index in [0.29, 0.717) is 12.8 Å². The van der Waals surface area contributed by atoms with Crippen molar-refractivity contribution in [3.63, 3.8) is 0 Å². The molecule has 6 nitrogen and oxygen atoms in total. The Labute approximate surface area is 131 Å². The number of rotatable bonds is 12. The molecule has 0 saturated carbocycles. The van der Waals surface area contributed by atoms with Gasteiger partial charge in [0.15, 0.2) is 0 Å². The number of unbranched alkanes of at least 4 members (excludes halogenated alkanes) is 6. The molecule has 6 heteroatoms. The molecule has 0 unspecified atom stereocenters. The SMILES string of the molecule is O=C(C#CC(=O)OCCCCCCO)OCCCCCCO. The maximum absolute atomic E-state index is 11.2. The molecule has 0 aliphatic heterocycles. The van der Waals surface area contributed by atoms with Gasteiger partial charge in [-0.25, -0.2) is 9.59 Å². The van der Waals surface area contributed by atoms with Crippen LogP contribution in [0, 0.1) is 11.8 Å². The van der Waals surface area contributed by atoms with Gasteiger partial charge in [0, 0.05) is 25.1 Å². The predicted octanol–water partition coefficient (Wildman–Crippen LogP) is 1.18. The van der Waals surface area contributed by atoms with Gasteiger partial charge in [-0.1, -0.05) is 12.8 Å². The molecule has 0 fully saturated rings. The Morgan fingerprint density at radius 2 is 1.00 bits per heavy atom. The molecule has 0 atom stereocenters. The second-order valence-corrected chi connectivity index (χ2v) is 4.80. The predicted molar refractivity (Wildman–Crippen MR) is 80.8 cm³/mol. The highest BCUT2D eigenvalue weighted by Gasteiger charge is 2.00. The maximum atomic E-state index is 11.2. The van der Waals surface area contributed by atoms with Crippen molar-refractivity contribution in [1.82, 2.24) is 0 Å². The lowest BCUT2D eigenvalue weighted by Gasteiger charge is -2.01. The summed E-state index contributed by atoms with van der Waals surface area (Å²) < 4.78 is 9.67. The molecule has 0 radical (unpaired) electrons. The zero-order chi connectivity index (χ0) is 16.5. The Hall–Kier alpha value is -1.58. The Balaban J connectivity index is 3.56. The number of aliphatic hydroxyl groups is 2. The van der Waals surface area contributed by atoms with Crippen LogP contribution in [0.5, 0.6) is 0 Å². The third-order valence-electron chi connectivity index (χ3n) is 2.84. The number of esters is 2. The van der Waals surface area contributed by atoms with E-state index in [1.54, 1.807) is 0 Å². The molecule has 0 aromatic heterocycles. The molecule has 0 bridgehead atoms. The first-order valence-electron chi connectivity index (χ1n) is 7.78. The Morgan fingerprint density at radius 1 is 0.636 bits per heavy atom. The van der Waals surface area contributed by atoms with E-state index in [-0.39, 0.29) is 26.4 Å². The van der Waals surface area contributed by atoms with E-state index in [1.165, 1.54) is 0 Å². The van der Waals surface area contributed by atoms with Crippen LogP contribution >= 0.6 is 0 Å². The quantitative estimate of drug-likeness (QED) is 0.243.